The number of hydrogen-bond acceptors (Lipinski definition) is 4. The molecule has 0 fully saturated rings. The van der Waals surface area contributed by atoms with Gasteiger partial charge in [0.25, 0.3) is 5.56 Å². The van der Waals surface area contributed by atoms with E-state index in [0.717, 1.165) is 11.2 Å². The number of aromatic nitrogens is 6. The van der Waals surface area contributed by atoms with Crippen LogP contribution in [0.3, 0.4) is 0 Å². The third kappa shape index (κ3) is 2.65. The summed E-state index contributed by atoms with van der Waals surface area (Å²) in [5.74, 6) is 0.458. The summed E-state index contributed by atoms with van der Waals surface area (Å²) >= 11 is 6.43. The predicted molar refractivity (Wildman–Crippen MR) is 106 cm³/mol. The van der Waals surface area contributed by atoms with E-state index in [1.54, 1.807) is 26.0 Å². The Morgan fingerprint density at radius 1 is 1.15 bits per heavy atom. The second-order valence-corrected chi connectivity index (χ2v) is 8.37. The molecule has 0 unspecified atom stereocenters. The van der Waals surface area contributed by atoms with Crippen LogP contribution in [0.15, 0.2) is 35.5 Å². The van der Waals surface area contributed by atoms with E-state index in [-0.39, 0.29) is 17.0 Å². The van der Waals surface area contributed by atoms with Crippen molar-refractivity contribution in [2.75, 3.05) is 0 Å². The first-order valence-corrected chi connectivity index (χ1v) is 9.21. The van der Waals surface area contributed by atoms with Crippen molar-refractivity contribution in [3.8, 4) is 5.82 Å². The molecule has 140 valence electrons. The first-order chi connectivity index (χ1) is 12.7. The molecule has 0 spiro atoms. The van der Waals surface area contributed by atoms with Crippen molar-refractivity contribution in [2.24, 2.45) is 0 Å². The Morgan fingerprint density at radius 3 is 2.52 bits per heavy atom. The monoisotopic (exact) mass is 384 g/mol. The van der Waals surface area contributed by atoms with E-state index in [4.69, 9.17) is 11.6 Å². The Balaban J connectivity index is 2.11. The van der Waals surface area contributed by atoms with Crippen LogP contribution in [0.2, 0.25) is 5.02 Å². The van der Waals surface area contributed by atoms with E-state index in [1.807, 2.05) is 32.2 Å². The Labute approximate surface area is 161 Å². The molecule has 0 aliphatic heterocycles. The average Bonchev–Trinajstić information content (AvgIpc) is 3.22. The molecule has 27 heavy (non-hydrogen) atoms. The maximum atomic E-state index is 13.4. The molecule has 0 N–H and O–H groups in total. The van der Waals surface area contributed by atoms with Crippen LogP contribution in [0.1, 0.15) is 46.4 Å². The molecule has 4 aromatic rings. The molecule has 0 saturated carbocycles. The molecule has 0 radical (unpaired) electrons. The van der Waals surface area contributed by atoms with E-state index < -0.39 is 0 Å². The zero-order valence-corrected chi connectivity index (χ0v) is 16.7. The lowest BCUT2D eigenvalue weighted by molar-refractivity contribution is 0.566. The lowest BCUT2D eigenvalue weighted by Crippen LogP contribution is -2.25. The minimum absolute atomic E-state index is 0.0615. The first kappa shape index (κ1) is 17.7. The number of para-hydroxylation sites is 1. The zero-order valence-electron chi connectivity index (χ0n) is 15.9. The van der Waals surface area contributed by atoms with Crippen LogP contribution in [0.4, 0.5) is 0 Å². The van der Waals surface area contributed by atoms with Gasteiger partial charge < -0.3 is 4.57 Å². The number of hydrogen-bond donors (Lipinski definition) is 0. The molecule has 0 saturated heterocycles. The Hall–Kier alpha value is -2.67. The van der Waals surface area contributed by atoms with E-state index in [2.05, 4.69) is 36.1 Å². The van der Waals surface area contributed by atoms with Crippen molar-refractivity contribution in [1.29, 1.82) is 0 Å². The summed E-state index contributed by atoms with van der Waals surface area (Å²) < 4.78 is 5.05. The van der Waals surface area contributed by atoms with E-state index in [0.29, 0.717) is 21.9 Å². The number of rotatable bonds is 2. The van der Waals surface area contributed by atoms with E-state index in [9.17, 15) is 4.79 Å². The van der Waals surface area contributed by atoms with Gasteiger partial charge in [0, 0.05) is 11.5 Å². The normalized spacial score (nSPS) is 12.6. The fourth-order valence-corrected chi connectivity index (χ4v) is 3.50. The minimum Gasteiger partial charge on any atom is -0.301 e. The fourth-order valence-electron chi connectivity index (χ4n) is 3.24. The minimum atomic E-state index is -0.161. The number of halogens is 1. The van der Waals surface area contributed by atoms with Gasteiger partial charge in [-0.15, -0.1) is 5.10 Å². The number of benzene rings is 1. The van der Waals surface area contributed by atoms with Gasteiger partial charge in [-0.3, -0.25) is 9.20 Å². The largest absolute Gasteiger partial charge is 0.301 e. The molecule has 0 atom stereocenters. The summed E-state index contributed by atoms with van der Waals surface area (Å²) in [7, 11) is 0. The molecule has 0 amide bonds. The van der Waals surface area contributed by atoms with Crippen molar-refractivity contribution >= 4 is 28.2 Å². The average molecular weight is 385 g/mol. The smallest absolute Gasteiger partial charge is 0.279 e. The predicted octanol–water partition coefficient (Wildman–Crippen LogP) is 3.76. The first-order valence-electron chi connectivity index (χ1n) is 8.83. The molecule has 3 aromatic heterocycles. The van der Waals surface area contributed by atoms with Crippen LogP contribution in [-0.2, 0) is 5.41 Å². The molecule has 8 heteroatoms. The van der Waals surface area contributed by atoms with Gasteiger partial charge in [-0.1, -0.05) is 43.7 Å². The van der Waals surface area contributed by atoms with Crippen LogP contribution in [0.25, 0.3) is 22.4 Å². The third-order valence-electron chi connectivity index (χ3n) is 4.63. The maximum Gasteiger partial charge on any atom is 0.279 e. The number of nitrogens with zero attached hydrogens (tertiary/aromatic N) is 6. The summed E-state index contributed by atoms with van der Waals surface area (Å²) in [6.07, 6.45) is 3.46. The molecule has 0 bridgehead atoms. The lowest BCUT2D eigenvalue weighted by Gasteiger charge is -2.16. The van der Waals surface area contributed by atoms with Crippen molar-refractivity contribution in [1.82, 2.24) is 28.9 Å². The highest BCUT2D eigenvalue weighted by Crippen LogP contribution is 2.27. The molecule has 7 nitrogen and oxygen atoms in total. The summed E-state index contributed by atoms with van der Waals surface area (Å²) in [5.41, 5.74) is 2.49. The zero-order chi connectivity index (χ0) is 19.5. The lowest BCUT2D eigenvalue weighted by atomic mass is 9.93. The quantitative estimate of drug-likeness (QED) is 0.527. The number of fused-ring (bicyclic) bond motifs is 3. The highest BCUT2D eigenvalue weighted by atomic mass is 35.5. The molecule has 0 aliphatic carbocycles. The second-order valence-electron chi connectivity index (χ2n) is 7.96. The van der Waals surface area contributed by atoms with Crippen LogP contribution in [0.5, 0.6) is 0 Å². The SMILES string of the molecule is CC(C)n1c(=O)c2c(-n3cc(C(C)(C)C)nn3)ncn2c2cccc(Cl)c21. The molecule has 4 rings (SSSR count). The van der Waals surface area contributed by atoms with Gasteiger partial charge in [0.1, 0.15) is 6.33 Å². The second kappa shape index (κ2) is 5.92. The van der Waals surface area contributed by atoms with Gasteiger partial charge in [-0.05, 0) is 26.0 Å². The Kier molecular flexibility index (Phi) is 3.89. The van der Waals surface area contributed by atoms with Crippen LogP contribution in [-0.4, -0.2) is 28.9 Å². The molecule has 1 aromatic carbocycles. The fraction of sp³-hybridized carbons (Fsp3) is 0.368. The van der Waals surface area contributed by atoms with Gasteiger partial charge >= 0.3 is 0 Å². The molecule has 0 aliphatic rings. The van der Waals surface area contributed by atoms with Gasteiger partial charge in [-0.2, -0.15) is 4.68 Å². The number of imidazole rings is 1. The Bertz CT molecular complexity index is 1220. The van der Waals surface area contributed by atoms with Gasteiger partial charge in [0.05, 0.1) is 27.9 Å². The van der Waals surface area contributed by atoms with Crippen molar-refractivity contribution in [3.05, 3.63) is 51.8 Å². The van der Waals surface area contributed by atoms with Crippen LogP contribution in [0, 0.1) is 0 Å². The van der Waals surface area contributed by atoms with E-state index >= 15 is 0 Å². The Morgan fingerprint density at radius 2 is 1.89 bits per heavy atom. The summed E-state index contributed by atoms with van der Waals surface area (Å²) in [5, 5.41) is 8.99. The van der Waals surface area contributed by atoms with E-state index in [1.165, 1.54) is 0 Å². The maximum absolute atomic E-state index is 13.4. The molecular formula is C19H21ClN6O. The molecule has 3 heterocycles. The third-order valence-corrected chi connectivity index (χ3v) is 4.94. The van der Waals surface area contributed by atoms with Gasteiger partial charge in [-0.25, -0.2) is 4.98 Å². The summed E-state index contributed by atoms with van der Waals surface area (Å²) in [6.45, 7) is 10.1. The highest BCUT2D eigenvalue weighted by molar-refractivity contribution is 6.35. The topological polar surface area (TPSA) is 70.0 Å². The summed E-state index contributed by atoms with van der Waals surface area (Å²) in [4.78, 5) is 17.8. The van der Waals surface area contributed by atoms with Gasteiger partial charge in [0.15, 0.2) is 11.3 Å². The molecular weight excluding hydrogens is 364 g/mol. The van der Waals surface area contributed by atoms with Crippen molar-refractivity contribution < 1.29 is 0 Å². The standard InChI is InChI=1S/C19H21ClN6O/c1-11(2)26-15-12(20)7-6-8-13(15)24-10-21-17(16(24)18(26)27)25-9-14(22-23-25)19(3,4)5/h6-11H,1-5H3. The summed E-state index contributed by atoms with van der Waals surface area (Å²) in [6, 6.07) is 5.53. The van der Waals surface area contributed by atoms with Crippen molar-refractivity contribution in [3.63, 3.8) is 0 Å². The van der Waals surface area contributed by atoms with Gasteiger partial charge in [0.2, 0.25) is 0 Å². The van der Waals surface area contributed by atoms with Crippen LogP contribution < -0.4 is 5.56 Å². The highest BCUT2D eigenvalue weighted by Gasteiger charge is 2.23. The van der Waals surface area contributed by atoms with Crippen LogP contribution >= 0.6 is 11.6 Å². The van der Waals surface area contributed by atoms with Crippen molar-refractivity contribution in [2.45, 2.75) is 46.1 Å².